The summed E-state index contributed by atoms with van der Waals surface area (Å²) < 4.78 is 0. The second kappa shape index (κ2) is 7.66. The minimum Gasteiger partial charge on any atom is -0.506 e. The summed E-state index contributed by atoms with van der Waals surface area (Å²) in [5, 5.41) is 13.1. The Morgan fingerprint density at radius 2 is 2.33 bits per heavy atom. The molecule has 1 aromatic carbocycles. The number of carbonyl (C=O) groups excluding carboxylic acids is 1. The molecule has 1 aliphatic rings. The molecule has 0 saturated carbocycles. The van der Waals surface area contributed by atoms with Crippen molar-refractivity contribution in [2.45, 2.75) is 26.2 Å². The predicted octanol–water partition coefficient (Wildman–Crippen LogP) is 2.90. The van der Waals surface area contributed by atoms with Crippen molar-refractivity contribution < 1.29 is 9.90 Å². The number of phenolic OH excluding ortho intramolecular Hbond substituents is 1. The van der Waals surface area contributed by atoms with E-state index in [2.05, 4.69) is 12.2 Å². The van der Waals surface area contributed by atoms with Crippen LogP contribution in [0.5, 0.6) is 5.75 Å². The van der Waals surface area contributed by atoms with Crippen molar-refractivity contribution in [1.29, 1.82) is 0 Å². The van der Waals surface area contributed by atoms with E-state index in [1.54, 1.807) is 12.1 Å². The van der Waals surface area contributed by atoms with Gasteiger partial charge in [-0.3, -0.25) is 4.79 Å². The van der Waals surface area contributed by atoms with E-state index in [0.29, 0.717) is 11.5 Å². The maximum Gasteiger partial charge on any atom is 0.253 e. The third-order valence-electron chi connectivity index (χ3n) is 3.85. The van der Waals surface area contributed by atoms with Gasteiger partial charge in [-0.25, -0.2) is 0 Å². The molecule has 0 spiro atoms. The van der Waals surface area contributed by atoms with Crippen molar-refractivity contribution in [3.05, 3.63) is 28.8 Å². The summed E-state index contributed by atoms with van der Waals surface area (Å²) in [6.45, 7) is 5.64. The standard InChI is InChI=1S/C16H23ClN2O2/c1-2-8-19(11-12-4-3-7-18-10-12)16(21)13-5-6-15(20)14(17)9-13/h5-6,9,12,18,20H,2-4,7-8,10-11H2,1H3. The lowest BCUT2D eigenvalue weighted by Crippen LogP contribution is -2.41. The number of piperidine rings is 1. The zero-order valence-corrected chi connectivity index (χ0v) is 13.2. The minimum atomic E-state index is -0.00989. The normalized spacial score (nSPS) is 18.5. The van der Waals surface area contributed by atoms with Crippen LogP contribution in [0.1, 0.15) is 36.5 Å². The van der Waals surface area contributed by atoms with E-state index in [1.807, 2.05) is 4.90 Å². The van der Waals surface area contributed by atoms with Gasteiger partial charge in [-0.05, 0) is 56.5 Å². The average molecular weight is 311 g/mol. The molecule has 5 heteroatoms. The SMILES string of the molecule is CCCN(CC1CCCNC1)C(=O)c1ccc(O)c(Cl)c1. The number of phenols is 1. The van der Waals surface area contributed by atoms with Crippen LogP contribution < -0.4 is 5.32 Å². The van der Waals surface area contributed by atoms with E-state index < -0.39 is 0 Å². The van der Waals surface area contributed by atoms with Crippen molar-refractivity contribution in [2.24, 2.45) is 5.92 Å². The molecule has 1 amide bonds. The highest BCUT2D eigenvalue weighted by Crippen LogP contribution is 2.24. The second-order valence-corrected chi connectivity index (χ2v) is 6.04. The van der Waals surface area contributed by atoms with E-state index in [9.17, 15) is 9.90 Å². The highest BCUT2D eigenvalue weighted by molar-refractivity contribution is 6.32. The highest BCUT2D eigenvalue weighted by Gasteiger charge is 2.21. The van der Waals surface area contributed by atoms with Crippen LogP contribution in [0.15, 0.2) is 18.2 Å². The van der Waals surface area contributed by atoms with Crippen LogP contribution >= 0.6 is 11.6 Å². The van der Waals surface area contributed by atoms with Crippen LogP contribution in [0.2, 0.25) is 5.02 Å². The Kier molecular flexibility index (Phi) is 5.88. The summed E-state index contributed by atoms with van der Waals surface area (Å²) in [4.78, 5) is 14.5. The third-order valence-corrected chi connectivity index (χ3v) is 4.16. The number of hydrogen-bond donors (Lipinski definition) is 2. The largest absolute Gasteiger partial charge is 0.506 e. The lowest BCUT2D eigenvalue weighted by Gasteiger charge is -2.30. The molecule has 0 radical (unpaired) electrons. The van der Waals surface area contributed by atoms with Gasteiger partial charge >= 0.3 is 0 Å². The number of nitrogens with one attached hydrogen (secondary N) is 1. The van der Waals surface area contributed by atoms with E-state index >= 15 is 0 Å². The van der Waals surface area contributed by atoms with Gasteiger partial charge in [0, 0.05) is 18.7 Å². The van der Waals surface area contributed by atoms with Crippen LogP contribution in [-0.4, -0.2) is 42.1 Å². The van der Waals surface area contributed by atoms with Gasteiger partial charge in [-0.1, -0.05) is 18.5 Å². The average Bonchev–Trinajstić information content (AvgIpc) is 2.50. The number of carbonyl (C=O) groups is 1. The van der Waals surface area contributed by atoms with Crippen LogP contribution in [0.3, 0.4) is 0 Å². The molecule has 4 nitrogen and oxygen atoms in total. The van der Waals surface area contributed by atoms with Gasteiger partial charge in [0.25, 0.3) is 5.91 Å². The molecule has 1 atom stereocenters. The molecule has 1 aliphatic heterocycles. The Labute approximate surface area is 131 Å². The molecule has 0 aromatic heterocycles. The van der Waals surface area contributed by atoms with E-state index in [0.717, 1.165) is 39.0 Å². The fraction of sp³-hybridized carbons (Fsp3) is 0.562. The summed E-state index contributed by atoms with van der Waals surface area (Å²) in [6, 6.07) is 4.65. The van der Waals surface area contributed by atoms with Crippen LogP contribution in [0.4, 0.5) is 0 Å². The molecule has 21 heavy (non-hydrogen) atoms. The lowest BCUT2D eigenvalue weighted by atomic mass is 9.98. The minimum absolute atomic E-state index is 0.00624. The van der Waals surface area contributed by atoms with Gasteiger partial charge in [0.15, 0.2) is 0 Å². The Bertz CT molecular complexity index is 487. The molecule has 1 fully saturated rings. The van der Waals surface area contributed by atoms with Gasteiger partial charge in [-0.2, -0.15) is 0 Å². The van der Waals surface area contributed by atoms with E-state index in [1.165, 1.54) is 12.5 Å². The topological polar surface area (TPSA) is 52.6 Å². The zero-order valence-electron chi connectivity index (χ0n) is 12.4. The number of rotatable bonds is 5. The Hall–Kier alpha value is -1.26. The summed E-state index contributed by atoms with van der Waals surface area (Å²) in [7, 11) is 0. The second-order valence-electron chi connectivity index (χ2n) is 5.63. The molecule has 2 N–H and O–H groups in total. The zero-order chi connectivity index (χ0) is 15.2. The Morgan fingerprint density at radius 3 is 2.95 bits per heavy atom. The molecule has 1 unspecified atom stereocenters. The molecule has 0 bridgehead atoms. The number of halogens is 1. The Morgan fingerprint density at radius 1 is 1.52 bits per heavy atom. The van der Waals surface area contributed by atoms with E-state index in [4.69, 9.17) is 11.6 Å². The van der Waals surface area contributed by atoms with Crippen LogP contribution in [0.25, 0.3) is 0 Å². The van der Waals surface area contributed by atoms with Gasteiger partial charge in [0.2, 0.25) is 0 Å². The number of aromatic hydroxyl groups is 1. The maximum absolute atomic E-state index is 12.6. The number of hydrogen-bond acceptors (Lipinski definition) is 3. The molecule has 116 valence electrons. The number of benzene rings is 1. The molecule has 1 heterocycles. The Balaban J connectivity index is 2.08. The number of nitrogens with zero attached hydrogens (tertiary/aromatic N) is 1. The summed E-state index contributed by atoms with van der Waals surface area (Å²) in [5.74, 6) is 0.512. The van der Waals surface area contributed by atoms with Crippen molar-refractivity contribution in [3.8, 4) is 5.75 Å². The smallest absolute Gasteiger partial charge is 0.253 e. The quantitative estimate of drug-likeness (QED) is 0.879. The molecular weight excluding hydrogens is 288 g/mol. The first kappa shape index (κ1) is 16.1. The molecule has 2 rings (SSSR count). The first-order valence-electron chi connectivity index (χ1n) is 7.60. The van der Waals surface area contributed by atoms with Crippen molar-refractivity contribution in [3.63, 3.8) is 0 Å². The monoisotopic (exact) mass is 310 g/mol. The fourth-order valence-corrected chi connectivity index (χ4v) is 2.94. The molecule has 1 saturated heterocycles. The maximum atomic E-state index is 12.6. The summed E-state index contributed by atoms with van der Waals surface area (Å²) in [6.07, 6.45) is 3.26. The molecule has 1 aromatic rings. The number of amides is 1. The first-order valence-corrected chi connectivity index (χ1v) is 7.98. The van der Waals surface area contributed by atoms with E-state index in [-0.39, 0.29) is 16.7 Å². The van der Waals surface area contributed by atoms with Crippen molar-refractivity contribution in [1.82, 2.24) is 10.2 Å². The van der Waals surface area contributed by atoms with Gasteiger partial charge in [0.05, 0.1) is 5.02 Å². The first-order chi connectivity index (χ1) is 10.1. The predicted molar refractivity (Wildman–Crippen MR) is 84.9 cm³/mol. The highest BCUT2D eigenvalue weighted by atomic mass is 35.5. The van der Waals surface area contributed by atoms with Gasteiger partial charge in [-0.15, -0.1) is 0 Å². The van der Waals surface area contributed by atoms with Gasteiger partial charge in [0.1, 0.15) is 5.75 Å². The third kappa shape index (κ3) is 4.35. The summed E-state index contributed by atoms with van der Waals surface area (Å²) >= 11 is 5.90. The van der Waals surface area contributed by atoms with Crippen LogP contribution in [-0.2, 0) is 0 Å². The fourth-order valence-electron chi connectivity index (χ4n) is 2.76. The van der Waals surface area contributed by atoms with Crippen molar-refractivity contribution in [2.75, 3.05) is 26.2 Å². The summed E-state index contributed by atoms with van der Waals surface area (Å²) in [5.41, 5.74) is 0.537. The van der Waals surface area contributed by atoms with Gasteiger partial charge < -0.3 is 15.3 Å². The lowest BCUT2D eigenvalue weighted by molar-refractivity contribution is 0.0719. The molecular formula is C16H23ClN2O2. The van der Waals surface area contributed by atoms with Crippen LogP contribution in [0, 0.1) is 5.92 Å². The molecule has 0 aliphatic carbocycles. The van der Waals surface area contributed by atoms with Crippen molar-refractivity contribution >= 4 is 17.5 Å².